The third-order valence-corrected chi connectivity index (χ3v) is 4.41. The summed E-state index contributed by atoms with van der Waals surface area (Å²) in [6.45, 7) is 0. The van der Waals surface area contributed by atoms with E-state index < -0.39 is 7.59 Å². The zero-order valence-corrected chi connectivity index (χ0v) is 17.3. The lowest BCUT2D eigenvalue weighted by Crippen LogP contribution is -2.17. The SMILES string of the molecule is ClC(Cl)(Cl)c1nc(-c2ccccc2-c2ccccc2)nc(C(Cl)(Cl)Cl)n1. The first-order valence-corrected chi connectivity index (χ1v) is 9.48. The Morgan fingerprint density at radius 1 is 0.538 bits per heavy atom. The van der Waals surface area contributed by atoms with Crippen LogP contribution in [0.3, 0.4) is 0 Å². The normalized spacial score (nSPS) is 12.2. The highest BCUT2D eigenvalue weighted by Gasteiger charge is 2.34. The van der Waals surface area contributed by atoms with E-state index >= 15 is 0 Å². The minimum atomic E-state index is -1.90. The van der Waals surface area contributed by atoms with Crippen LogP contribution >= 0.6 is 69.6 Å². The average molecular weight is 468 g/mol. The Bertz CT molecular complexity index is 888. The molecule has 2 aromatic carbocycles. The first kappa shape index (κ1) is 19.9. The van der Waals surface area contributed by atoms with Gasteiger partial charge in [0.2, 0.25) is 7.59 Å². The topological polar surface area (TPSA) is 38.7 Å². The molecule has 1 aromatic heterocycles. The van der Waals surface area contributed by atoms with Gasteiger partial charge in [0.15, 0.2) is 17.5 Å². The smallest absolute Gasteiger partial charge is 0.209 e. The van der Waals surface area contributed by atoms with Gasteiger partial charge in [0, 0.05) is 5.56 Å². The fourth-order valence-corrected chi connectivity index (χ4v) is 2.80. The standard InChI is InChI=1S/C17H9Cl6N3/c18-16(19,20)14-24-13(25-15(26-14)17(21,22)23)12-9-5-4-8-11(12)10-6-2-1-3-7-10/h1-9H. The summed E-state index contributed by atoms with van der Waals surface area (Å²) in [6.07, 6.45) is 0. The van der Waals surface area contributed by atoms with Crippen molar-refractivity contribution in [2.75, 3.05) is 0 Å². The molecule has 0 spiro atoms. The Balaban J connectivity index is 2.25. The monoisotopic (exact) mass is 465 g/mol. The van der Waals surface area contributed by atoms with E-state index in [1.807, 2.05) is 54.6 Å². The third kappa shape index (κ3) is 4.53. The van der Waals surface area contributed by atoms with Crippen molar-refractivity contribution < 1.29 is 0 Å². The Hall–Kier alpha value is -0.810. The average Bonchev–Trinajstić information content (AvgIpc) is 2.60. The predicted molar refractivity (Wildman–Crippen MR) is 109 cm³/mol. The lowest BCUT2D eigenvalue weighted by Gasteiger charge is -2.16. The van der Waals surface area contributed by atoms with Crippen molar-refractivity contribution in [2.24, 2.45) is 0 Å². The molecule has 1 heterocycles. The van der Waals surface area contributed by atoms with E-state index in [0.717, 1.165) is 11.1 Å². The lowest BCUT2D eigenvalue weighted by molar-refractivity contribution is 0.851. The van der Waals surface area contributed by atoms with Crippen LogP contribution in [0.15, 0.2) is 54.6 Å². The summed E-state index contributed by atoms with van der Waals surface area (Å²) in [7, 11) is 0. The van der Waals surface area contributed by atoms with Gasteiger partial charge in [-0.1, -0.05) is 124 Å². The van der Waals surface area contributed by atoms with Crippen molar-refractivity contribution in [3.05, 3.63) is 66.2 Å². The molecule has 3 rings (SSSR count). The molecule has 0 saturated heterocycles. The van der Waals surface area contributed by atoms with E-state index in [2.05, 4.69) is 15.0 Å². The fourth-order valence-electron chi connectivity index (χ4n) is 2.30. The lowest BCUT2D eigenvalue weighted by atomic mass is 9.99. The molecule has 9 heteroatoms. The van der Waals surface area contributed by atoms with E-state index in [4.69, 9.17) is 69.6 Å². The summed E-state index contributed by atoms with van der Waals surface area (Å²) < 4.78 is -3.80. The number of aromatic nitrogens is 3. The molecular weight excluding hydrogens is 459 g/mol. The van der Waals surface area contributed by atoms with E-state index in [1.54, 1.807) is 0 Å². The number of halogens is 6. The van der Waals surface area contributed by atoms with Gasteiger partial charge in [0.1, 0.15) is 0 Å². The number of benzene rings is 2. The zero-order chi connectivity index (χ0) is 18.9. The van der Waals surface area contributed by atoms with Crippen molar-refractivity contribution >= 4 is 69.6 Å². The van der Waals surface area contributed by atoms with Crippen LogP contribution in [0.4, 0.5) is 0 Å². The maximum atomic E-state index is 5.95. The van der Waals surface area contributed by atoms with Gasteiger partial charge in [-0.2, -0.15) is 0 Å². The Kier molecular flexibility index (Phi) is 5.88. The Labute approximate surface area is 180 Å². The molecule has 0 amide bonds. The van der Waals surface area contributed by atoms with Crippen LogP contribution in [0.5, 0.6) is 0 Å². The van der Waals surface area contributed by atoms with Crippen LogP contribution < -0.4 is 0 Å². The Morgan fingerprint density at radius 2 is 1.00 bits per heavy atom. The number of nitrogens with zero attached hydrogens (tertiary/aromatic N) is 3. The molecule has 0 fully saturated rings. The summed E-state index contributed by atoms with van der Waals surface area (Å²) in [6, 6.07) is 17.2. The van der Waals surface area contributed by atoms with Gasteiger partial charge in [0.25, 0.3) is 0 Å². The van der Waals surface area contributed by atoms with Gasteiger partial charge in [-0.25, -0.2) is 15.0 Å². The quantitative estimate of drug-likeness (QED) is 0.386. The molecular formula is C17H9Cl6N3. The highest BCUT2D eigenvalue weighted by atomic mass is 35.6. The van der Waals surface area contributed by atoms with Crippen LogP contribution in [0.1, 0.15) is 11.6 Å². The molecule has 0 aliphatic heterocycles. The second kappa shape index (κ2) is 7.67. The van der Waals surface area contributed by atoms with Crippen LogP contribution in [0.25, 0.3) is 22.5 Å². The third-order valence-electron chi connectivity index (χ3n) is 3.40. The minimum absolute atomic E-state index is 0.128. The molecule has 0 atom stereocenters. The highest BCUT2D eigenvalue weighted by Crippen LogP contribution is 2.41. The fraction of sp³-hybridized carbons (Fsp3) is 0.118. The molecule has 0 bridgehead atoms. The van der Waals surface area contributed by atoms with Gasteiger partial charge in [-0.15, -0.1) is 0 Å². The first-order valence-electron chi connectivity index (χ1n) is 7.21. The highest BCUT2D eigenvalue weighted by molar-refractivity contribution is 6.67. The van der Waals surface area contributed by atoms with Gasteiger partial charge < -0.3 is 0 Å². The summed E-state index contributed by atoms with van der Waals surface area (Å²) in [4.78, 5) is 12.6. The zero-order valence-electron chi connectivity index (χ0n) is 12.8. The molecule has 0 unspecified atom stereocenters. The molecule has 0 radical (unpaired) electrons. The van der Waals surface area contributed by atoms with Crippen molar-refractivity contribution in [3.8, 4) is 22.5 Å². The van der Waals surface area contributed by atoms with Crippen LogP contribution in [0.2, 0.25) is 0 Å². The summed E-state index contributed by atoms with van der Waals surface area (Å²) >= 11 is 35.7. The molecule has 0 aliphatic rings. The van der Waals surface area contributed by atoms with Crippen molar-refractivity contribution in [1.29, 1.82) is 0 Å². The van der Waals surface area contributed by atoms with Gasteiger partial charge in [0.05, 0.1) is 0 Å². The molecule has 3 nitrogen and oxygen atoms in total. The molecule has 0 saturated carbocycles. The van der Waals surface area contributed by atoms with Crippen LogP contribution in [-0.4, -0.2) is 15.0 Å². The Morgan fingerprint density at radius 3 is 1.50 bits per heavy atom. The number of hydrogen-bond donors (Lipinski definition) is 0. The van der Waals surface area contributed by atoms with E-state index in [-0.39, 0.29) is 17.5 Å². The summed E-state index contributed by atoms with van der Waals surface area (Å²) in [5.74, 6) is -0.0181. The number of rotatable bonds is 2. The number of alkyl halides is 6. The van der Waals surface area contributed by atoms with Crippen LogP contribution in [-0.2, 0) is 7.59 Å². The van der Waals surface area contributed by atoms with Gasteiger partial charge >= 0.3 is 0 Å². The second-order valence-electron chi connectivity index (χ2n) is 5.21. The van der Waals surface area contributed by atoms with Crippen molar-refractivity contribution in [3.63, 3.8) is 0 Å². The van der Waals surface area contributed by atoms with E-state index in [0.29, 0.717) is 5.56 Å². The first-order chi connectivity index (χ1) is 12.2. The minimum Gasteiger partial charge on any atom is -0.209 e. The molecule has 3 aromatic rings. The largest absolute Gasteiger partial charge is 0.250 e. The summed E-state index contributed by atoms with van der Waals surface area (Å²) in [5.41, 5.74) is 2.53. The molecule has 134 valence electrons. The van der Waals surface area contributed by atoms with Crippen molar-refractivity contribution in [1.82, 2.24) is 15.0 Å². The molecule has 0 N–H and O–H groups in total. The summed E-state index contributed by atoms with van der Waals surface area (Å²) in [5, 5.41) is 0. The van der Waals surface area contributed by atoms with E-state index in [9.17, 15) is 0 Å². The van der Waals surface area contributed by atoms with Crippen molar-refractivity contribution in [2.45, 2.75) is 7.59 Å². The van der Waals surface area contributed by atoms with Crippen LogP contribution in [0, 0.1) is 0 Å². The van der Waals surface area contributed by atoms with Gasteiger partial charge in [-0.05, 0) is 11.1 Å². The van der Waals surface area contributed by atoms with E-state index in [1.165, 1.54) is 0 Å². The molecule has 0 aliphatic carbocycles. The second-order valence-corrected chi connectivity index (χ2v) is 9.78. The molecule has 26 heavy (non-hydrogen) atoms. The maximum Gasteiger partial charge on any atom is 0.250 e. The number of hydrogen-bond acceptors (Lipinski definition) is 3. The van der Waals surface area contributed by atoms with Gasteiger partial charge in [-0.3, -0.25) is 0 Å². The maximum absolute atomic E-state index is 5.95. The predicted octanol–water partition coefficient (Wildman–Crippen LogP) is 6.86.